The van der Waals surface area contributed by atoms with Gasteiger partial charge in [0.15, 0.2) is 0 Å². The molecule has 0 aliphatic heterocycles. The summed E-state index contributed by atoms with van der Waals surface area (Å²) in [5.41, 5.74) is 3.57. The summed E-state index contributed by atoms with van der Waals surface area (Å²) in [5, 5.41) is 16.6. The van der Waals surface area contributed by atoms with Gasteiger partial charge in [-0.2, -0.15) is 5.10 Å². The SMILES string of the molecule is Cc1cc(C)n(Cc2cccc(C(=O)N[C@@H]3CCC[C@@H]3C(=O)O)c2)n1. The highest BCUT2D eigenvalue weighted by atomic mass is 16.4. The molecule has 2 aromatic rings. The topological polar surface area (TPSA) is 84.2 Å². The molecule has 2 N–H and O–H groups in total. The Kier molecular flexibility index (Phi) is 4.88. The fourth-order valence-electron chi connectivity index (χ4n) is 3.50. The van der Waals surface area contributed by atoms with Gasteiger partial charge in [-0.3, -0.25) is 14.3 Å². The third-order valence-electron chi connectivity index (χ3n) is 4.77. The lowest BCUT2D eigenvalue weighted by atomic mass is 10.0. The van der Waals surface area contributed by atoms with Crippen molar-refractivity contribution in [2.75, 3.05) is 0 Å². The number of rotatable bonds is 5. The molecule has 6 heteroatoms. The molecule has 1 aromatic heterocycles. The minimum atomic E-state index is -0.832. The first-order valence-electron chi connectivity index (χ1n) is 8.57. The van der Waals surface area contributed by atoms with E-state index in [1.54, 1.807) is 6.07 Å². The van der Waals surface area contributed by atoms with Crippen LogP contribution in [-0.2, 0) is 11.3 Å². The molecule has 132 valence electrons. The molecule has 1 aliphatic rings. The van der Waals surface area contributed by atoms with Crippen LogP contribution in [0.3, 0.4) is 0 Å². The summed E-state index contributed by atoms with van der Waals surface area (Å²) in [4.78, 5) is 23.8. The molecule has 0 radical (unpaired) electrons. The Labute approximate surface area is 146 Å². The van der Waals surface area contributed by atoms with Gasteiger partial charge in [0.1, 0.15) is 0 Å². The van der Waals surface area contributed by atoms with Crippen molar-refractivity contribution in [2.24, 2.45) is 5.92 Å². The number of carboxylic acid groups (broad SMARTS) is 1. The minimum Gasteiger partial charge on any atom is -0.481 e. The molecule has 6 nitrogen and oxygen atoms in total. The van der Waals surface area contributed by atoms with E-state index in [2.05, 4.69) is 10.4 Å². The molecule has 1 aliphatic carbocycles. The van der Waals surface area contributed by atoms with E-state index in [0.717, 1.165) is 23.4 Å². The summed E-state index contributed by atoms with van der Waals surface area (Å²) in [5.74, 6) is -1.53. The first-order valence-corrected chi connectivity index (χ1v) is 8.57. The summed E-state index contributed by atoms with van der Waals surface area (Å²) in [7, 11) is 0. The summed E-state index contributed by atoms with van der Waals surface area (Å²) in [6.07, 6.45) is 2.17. The molecule has 25 heavy (non-hydrogen) atoms. The van der Waals surface area contributed by atoms with Crippen LogP contribution in [0, 0.1) is 19.8 Å². The third-order valence-corrected chi connectivity index (χ3v) is 4.77. The van der Waals surface area contributed by atoms with E-state index in [1.165, 1.54) is 0 Å². The number of carboxylic acids is 1. The van der Waals surface area contributed by atoms with Gasteiger partial charge in [-0.1, -0.05) is 18.6 Å². The second-order valence-electron chi connectivity index (χ2n) is 6.74. The zero-order chi connectivity index (χ0) is 18.0. The second kappa shape index (κ2) is 7.09. The number of benzene rings is 1. The molecular weight excluding hydrogens is 318 g/mol. The highest BCUT2D eigenvalue weighted by Crippen LogP contribution is 2.26. The number of carbonyl (C=O) groups is 2. The maximum absolute atomic E-state index is 12.5. The molecule has 1 heterocycles. The number of hydrogen-bond acceptors (Lipinski definition) is 3. The largest absolute Gasteiger partial charge is 0.481 e. The Morgan fingerprint density at radius 2 is 2.08 bits per heavy atom. The van der Waals surface area contributed by atoms with Crippen molar-refractivity contribution in [2.45, 2.75) is 45.7 Å². The Morgan fingerprint density at radius 1 is 1.28 bits per heavy atom. The van der Waals surface area contributed by atoms with E-state index in [9.17, 15) is 14.7 Å². The number of hydrogen-bond donors (Lipinski definition) is 2. The second-order valence-corrected chi connectivity index (χ2v) is 6.74. The Bertz CT molecular complexity index is 797. The first kappa shape index (κ1) is 17.2. The van der Waals surface area contributed by atoms with Gasteiger partial charge in [0, 0.05) is 17.3 Å². The number of nitrogens with zero attached hydrogens (tertiary/aromatic N) is 2. The summed E-state index contributed by atoms with van der Waals surface area (Å²) in [6.45, 7) is 4.55. The van der Waals surface area contributed by atoms with Crippen molar-refractivity contribution in [1.29, 1.82) is 0 Å². The number of aliphatic carboxylic acids is 1. The van der Waals surface area contributed by atoms with Crippen LogP contribution in [0.2, 0.25) is 0 Å². The van der Waals surface area contributed by atoms with Crippen molar-refractivity contribution >= 4 is 11.9 Å². The zero-order valence-corrected chi connectivity index (χ0v) is 14.5. The van der Waals surface area contributed by atoms with E-state index in [-0.39, 0.29) is 11.9 Å². The van der Waals surface area contributed by atoms with Gasteiger partial charge in [0.05, 0.1) is 18.2 Å². The van der Waals surface area contributed by atoms with Crippen molar-refractivity contribution in [3.8, 4) is 0 Å². The fraction of sp³-hybridized carbons (Fsp3) is 0.421. The van der Waals surface area contributed by atoms with Crippen molar-refractivity contribution < 1.29 is 14.7 Å². The minimum absolute atomic E-state index is 0.214. The monoisotopic (exact) mass is 341 g/mol. The predicted octanol–water partition coefficient (Wildman–Crippen LogP) is 2.53. The third kappa shape index (κ3) is 3.90. The number of carbonyl (C=O) groups excluding carboxylic acids is 1. The van der Waals surface area contributed by atoms with E-state index in [0.29, 0.717) is 24.9 Å². The van der Waals surface area contributed by atoms with Gasteiger partial charge in [0.25, 0.3) is 5.91 Å². The van der Waals surface area contributed by atoms with Crippen LogP contribution < -0.4 is 5.32 Å². The van der Waals surface area contributed by atoms with Crippen molar-refractivity contribution in [3.05, 3.63) is 52.8 Å². The quantitative estimate of drug-likeness (QED) is 0.875. The Hall–Kier alpha value is -2.63. The van der Waals surface area contributed by atoms with E-state index in [1.807, 2.05) is 42.8 Å². The lowest BCUT2D eigenvalue weighted by molar-refractivity contribution is -0.142. The van der Waals surface area contributed by atoms with Crippen LogP contribution in [0.15, 0.2) is 30.3 Å². The molecule has 1 aromatic carbocycles. The Balaban J connectivity index is 1.71. The average molecular weight is 341 g/mol. The summed E-state index contributed by atoms with van der Waals surface area (Å²) >= 11 is 0. The Morgan fingerprint density at radius 3 is 2.76 bits per heavy atom. The molecule has 1 fully saturated rings. The smallest absolute Gasteiger partial charge is 0.308 e. The molecule has 0 spiro atoms. The molecule has 0 unspecified atom stereocenters. The fourth-order valence-corrected chi connectivity index (χ4v) is 3.50. The molecule has 0 saturated heterocycles. The van der Waals surface area contributed by atoms with Crippen molar-refractivity contribution in [1.82, 2.24) is 15.1 Å². The van der Waals surface area contributed by atoms with Crippen LogP contribution in [0.1, 0.15) is 46.6 Å². The number of amides is 1. The van der Waals surface area contributed by atoms with Crippen LogP contribution in [-0.4, -0.2) is 32.8 Å². The molecule has 0 bridgehead atoms. The maximum atomic E-state index is 12.5. The zero-order valence-electron chi connectivity index (χ0n) is 14.5. The van der Waals surface area contributed by atoms with Crippen LogP contribution in [0.5, 0.6) is 0 Å². The molecule has 1 saturated carbocycles. The lowest BCUT2D eigenvalue weighted by Crippen LogP contribution is -2.40. The van der Waals surface area contributed by atoms with Crippen LogP contribution >= 0.6 is 0 Å². The van der Waals surface area contributed by atoms with Crippen molar-refractivity contribution in [3.63, 3.8) is 0 Å². The first-order chi connectivity index (χ1) is 11.9. The predicted molar refractivity (Wildman–Crippen MR) is 93.5 cm³/mol. The number of aromatic nitrogens is 2. The molecule has 2 atom stereocenters. The van der Waals surface area contributed by atoms with Gasteiger partial charge in [-0.25, -0.2) is 0 Å². The number of aryl methyl sites for hydroxylation is 2. The highest BCUT2D eigenvalue weighted by molar-refractivity contribution is 5.94. The van der Waals surface area contributed by atoms with Gasteiger partial charge in [-0.15, -0.1) is 0 Å². The normalized spacial score (nSPS) is 19.8. The average Bonchev–Trinajstić information content (AvgIpc) is 3.14. The van der Waals surface area contributed by atoms with Gasteiger partial charge in [0.2, 0.25) is 0 Å². The molecular formula is C19H23N3O3. The van der Waals surface area contributed by atoms with Gasteiger partial charge < -0.3 is 10.4 Å². The highest BCUT2D eigenvalue weighted by Gasteiger charge is 2.34. The summed E-state index contributed by atoms with van der Waals surface area (Å²) in [6, 6.07) is 9.14. The lowest BCUT2D eigenvalue weighted by Gasteiger charge is -2.17. The van der Waals surface area contributed by atoms with E-state index < -0.39 is 11.9 Å². The molecule has 3 rings (SSSR count). The maximum Gasteiger partial charge on any atom is 0.308 e. The summed E-state index contributed by atoms with van der Waals surface area (Å²) < 4.78 is 1.91. The van der Waals surface area contributed by atoms with E-state index in [4.69, 9.17) is 0 Å². The van der Waals surface area contributed by atoms with E-state index >= 15 is 0 Å². The van der Waals surface area contributed by atoms with Gasteiger partial charge >= 0.3 is 5.97 Å². The van der Waals surface area contributed by atoms with Crippen LogP contribution in [0.25, 0.3) is 0 Å². The standard InChI is InChI=1S/C19H23N3O3/c1-12-9-13(2)22(21-12)11-14-5-3-6-15(10-14)18(23)20-17-8-4-7-16(17)19(24)25/h3,5-6,9-10,16-17H,4,7-8,11H2,1-2H3,(H,20,23)(H,24,25)/t16-,17+/m0/s1. The van der Waals surface area contributed by atoms with Crippen LogP contribution in [0.4, 0.5) is 0 Å². The number of nitrogens with one attached hydrogen (secondary N) is 1. The molecule has 1 amide bonds. The van der Waals surface area contributed by atoms with Gasteiger partial charge in [-0.05, 0) is 50.5 Å².